The van der Waals surface area contributed by atoms with E-state index < -0.39 is 12.1 Å². The Balaban J connectivity index is 1.32. The molecule has 1 amide bonds. The van der Waals surface area contributed by atoms with Gasteiger partial charge < -0.3 is 19.1 Å². The number of rotatable bonds is 5. The van der Waals surface area contributed by atoms with Gasteiger partial charge in [0.25, 0.3) is 5.91 Å². The Morgan fingerprint density at radius 2 is 1.68 bits per heavy atom. The Bertz CT molecular complexity index is 1040. The van der Waals surface area contributed by atoms with Gasteiger partial charge in [-0.3, -0.25) is 4.79 Å². The molecule has 0 spiro atoms. The molecule has 2 heterocycles. The van der Waals surface area contributed by atoms with Crippen molar-refractivity contribution in [1.82, 2.24) is 10.1 Å². The van der Waals surface area contributed by atoms with E-state index in [2.05, 4.69) is 22.2 Å². The van der Waals surface area contributed by atoms with Crippen molar-refractivity contribution in [3.05, 3.63) is 72.0 Å². The highest BCUT2D eigenvalue weighted by molar-refractivity contribution is 5.91. The lowest BCUT2D eigenvalue weighted by Gasteiger charge is -2.36. The molecular weight excluding hydrogens is 394 g/mol. The third-order valence-electron chi connectivity index (χ3n) is 5.40. The molecule has 0 aliphatic carbocycles. The zero-order valence-corrected chi connectivity index (χ0v) is 17.7. The van der Waals surface area contributed by atoms with Gasteiger partial charge in [-0.05, 0) is 26.0 Å². The molecule has 1 aliphatic rings. The van der Waals surface area contributed by atoms with Gasteiger partial charge in [0, 0.05) is 43.5 Å². The molecule has 3 aromatic rings. The standard InChI is InChI=1S/C24H25N3O4/c1-17-8-10-19(11-9-17)21-16-22(31-25-21)24(29)30-18(2)23(28)27-14-12-26(13-15-27)20-6-4-3-5-7-20/h3-11,16,18H,12-15H2,1-2H3. The molecule has 1 aromatic heterocycles. The minimum Gasteiger partial charge on any atom is -0.447 e. The molecule has 1 atom stereocenters. The smallest absolute Gasteiger partial charge is 0.377 e. The first-order valence-corrected chi connectivity index (χ1v) is 10.3. The number of carbonyl (C=O) groups is 2. The summed E-state index contributed by atoms with van der Waals surface area (Å²) in [5.74, 6) is -0.932. The molecule has 7 nitrogen and oxygen atoms in total. The summed E-state index contributed by atoms with van der Waals surface area (Å²) >= 11 is 0. The van der Waals surface area contributed by atoms with Crippen molar-refractivity contribution >= 4 is 17.6 Å². The monoisotopic (exact) mass is 419 g/mol. The number of hydrogen-bond acceptors (Lipinski definition) is 6. The molecule has 160 valence electrons. The first kappa shape index (κ1) is 20.7. The number of nitrogens with zero attached hydrogens (tertiary/aromatic N) is 3. The van der Waals surface area contributed by atoms with Crippen LogP contribution >= 0.6 is 0 Å². The summed E-state index contributed by atoms with van der Waals surface area (Å²) in [4.78, 5) is 29.2. The maximum absolute atomic E-state index is 12.8. The van der Waals surface area contributed by atoms with Crippen LogP contribution in [0.3, 0.4) is 0 Å². The van der Waals surface area contributed by atoms with E-state index >= 15 is 0 Å². The summed E-state index contributed by atoms with van der Waals surface area (Å²) in [6.07, 6.45) is -0.899. The van der Waals surface area contributed by atoms with E-state index in [9.17, 15) is 9.59 Å². The van der Waals surface area contributed by atoms with Crippen LogP contribution in [0.4, 0.5) is 5.69 Å². The third kappa shape index (κ3) is 4.77. The highest BCUT2D eigenvalue weighted by Crippen LogP contribution is 2.21. The summed E-state index contributed by atoms with van der Waals surface area (Å²) in [5, 5.41) is 3.94. The van der Waals surface area contributed by atoms with Crippen molar-refractivity contribution in [1.29, 1.82) is 0 Å². The number of aryl methyl sites for hydroxylation is 1. The number of ether oxygens (including phenoxy) is 1. The lowest BCUT2D eigenvalue weighted by molar-refractivity contribution is -0.140. The number of esters is 1. The average molecular weight is 419 g/mol. The molecule has 0 bridgehead atoms. The van der Waals surface area contributed by atoms with E-state index in [4.69, 9.17) is 9.26 Å². The second-order valence-corrected chi connectivity index (χ2v) is 7.64. The van der Waals surface area contributed by atoms with Crippen LogP contribution in [0.1, 0.15) is 23.0 Å². The first-order valence-electron chi connectivity index (χ1n) is 10.3. The fourth-order valence-corrected chi connectivity index (χ4v) is 3.58. The molecule has 0 saturated carbocycles. The molecule has 31 heavy (non-hydrogen) atoms. The van der Waals surface area contributed by atoms with E-state index in [0.717, 1.165) is 29.9 Å². The lowest BCUT2D eigenvalue weighted by Crippen LogP contribution is -2.51. The second kappa shape index (κ2) is 9.04. The summed E-state index contributed by atoms with van der Waals surface area (Å²) < 4.78 is 10.5. The van der Waals surface area contributed by atoms with Gasteiger partial charge in [-0.25, -0.2) is 4.79 Å². The zero-order valence-electron chi connectivity index (χ0n) is 17.7. The number of piperazine rings is 1. The van der Waals surface area contributed by atoms with Gasteiger partial charge in [-0.15, -0.1) is 0 Å². The van der Waals surface area contributed by atoms with Crippen molar-refractivity contribution in [2.45, 2.75) is 20.0 Å². The molecule has 7 heteroatoms. The number of anilines is 1. The molecule has 1 fully saturated rings. The maximum atomic E-state index is 12.8. The summed E-state index contributed by atoms with van der Waals surface area (Å²) in [7, 11) is 0. The van der Waals surface area contributed by atoms with Crippen LogP contribution in [0.5, 0.6) is 0 Å². The minimum atomic E-state index is -0.899. The van der Waals surface area contributed by atoms with Gasteiger partial charge in [0.15, 0.2) is 6.10 Å². The number of para-hydroxylation sites is 1. The number of carbonyl (C=O) groups excluding carboxylic acids is 2. The molecule has 0 radical (unpaired) electrons. The molecule has 1 unspecified atom stereocenters. The summed E-state index contributed by atoms with van der Waals surface area (Å²) in [5.41, 5.74) is 3.66. The van der Waals surface area contributed by atoms with Crippen molar-refractivity contribution in [3.63, 3.8) is 0 Å². The first-order chi connectivity index (χ1) is 15.0. The van der Waals surface area contributed by atoms with Crippen molar-refractivity contribution < 1.29 is 18.8 Å². The summed E-state index contributed by atoms with van der Waals surface area (Å²) in [6.45, 7) is 6.21. The van der Waals surface area contributed by atoms with Crippen LogP contribution in [-0.4, -0.2) is 54.2 Å². The Kier molecular flexibility index (Phi) is 6.02. The van der Waals surface area contributed by atoms with Gasteiger partial charge in [0.1, 0.15) is 5.69 Å². The van der Waals surface area contributed by atoms with Crippen LogP contribution in [0.15, 0.2) is 65.2 Å². The Labute approximate surface area is 181 Å². The number of amides is 1. The predicted octanol–water partition coefficient (Wildman–Crippen LogP) is 3.54. The molecule has 4 rings (SSSR count). The highest BCUT2D eigenvalue weighted by atomic mass is 16.6. The summed E-state index contributed by atoms with van der Waals surface area (Å²) in [6, 6.07) is 19.4. The fraction of sp³-hybridized carbons (Fsp3) is 0.292. The van der Waals surface area contributed by atoms with Crippen LogP contribution in [-0.2, 0) is 9.53 Å². The van der Waals surface area contributed by atoms with E-state index in [0.29, 0.717) is 18.8 Å². The van der Waals surface area contributed by atoms with Crippen LogP contribution < -0.4 is 4.90 Å². The number of benzene rings is 2. The van der Waals surface area contributed by atoms with E-state index in [1.165, 1.54) is 6.07 Å². The van der Waals surface area contributed by atoms with E-state index in [1.807, 2.05) is 49.4 Å². The Hall–Kier alpha value is -3.61. The lowest BCUT2D eigenvalue weighted by atomic mass is 10.1. The largest absolute Gasteiger partial charge is 0.447 e. The number of hydrogen-bond donors (Lipinski definition) is 0. The van der Waals surface area contributed by atoms with Crippen molar-refractivity contribution in [3.8, 4) is 11.3 Å². The molecule has 1 aliphatic heterocycles. The van der Waals surface area contributed by atoms with E-state index in [1.54, 1.807) is 11.8 Å². The normalized spacial score (nSPS) is 14.9. The van der Waals surface area contributed by atoms with Gasteiger partial charge in [0.2, 0.25) is 5.76 Å². The quantitative estimate of drug-likeness (QED) is 0.589. The zero-order chi connectivity index (χ0) is 21.8. The van der Waals surface area contributed by atoms with Gasteiger partial charge in [-0.2, -0.15) is 0 Å². The maximum Gasteiger partial charge on any atom is 0.377 e. The van der Waals surface area contributed by atoms with Gasteiger partial charge in [-0.1, -0.05) is 53.2 Å². The topological polar surface area (TPSA) is 75.9 Å². The van der Waals surface area contributed by atoms with Crippen LogP contribution in [0.2, 0.25) is 0 Å². The van der Waals surface area contributed by atoms with Crippen LogP contribution in [0, 0.1) is 6.92 Å². The molecule has 1 saturated heterocycles. The minimum absolute atomic E-state index is 0.0240. The van der Waals surface area contributed by atoms with Crippen molar-refractivity contribution in [2.24, 2.45) is 0 Å². The SMILES string of the molecule is Cc1ccc(-c2cc(C(=O)OC(C)C(=O)N3CCN(c4ccccc4)CC3)on2)cc1. The second-order valence-electron chi connectivity index (χ2n) is 7.64. The van der Waals surface area contributed by atoms with Gasteiger partial charge in [0.05, 0.1) is 0 Å². The van der Waals surface area contributed by atoms with Crippen molar-refractivity contribution in [2.75, 3.05) is 31.1 Å². The van der Waals surface area contributed by atoms with Crippen LogP contribution in [0.25, 0.3) is 11.3 Å². The molecule has 0 N–H and O–H groups in total. The number of aromatic nitrogens is 1. The molecule has 2 aromatic carbocycles. The van der Waals surface area contributed by atoms with Gasteiger partial charge >= 0.3 is 5.97 Å². The average Bonchev–Trinajstić information content (AvgIpc) is 3.30. The highest BCUT2D eigenvalue weighted by Gasteiger charge is 2.28. The Morgan fingerprint density at radius 3 is 2.35 bits per heavy atom. The molecular formula is C24H25N3O4. The third-order valence-corrected chi connectivity index (χ3v) is 5.40. The van der Waals surface area contributed by atoms with E-state index in [-0.39, 0.29) is 11.7 Å². The predicted molar refractivity (Wildman–Crippen MR) is 117 cm³/mol. The fourth-order valence-electron chi connectivity index (χ4n) is 3.58. The Morgan fingerprint density at radius 1 is 1.00 bits per heavy atom.